The van der Waals surface area contributed by atoms with E-state index in [-0.39, 0.29) is 10.7 Å². The molecule has 15 heavy (non-hydrogen) atoms. The lowest BCUT2D eigenvalue weighted by atomic mass is 10.0. The molecule has 2 heterocycles. The molecule has 0 aromatic carbocycles. The highest BCUT2D eigenvalue weighted by Crippen LogP contribution is 2.35. The van der Waals surface area contributed by atoms with E-state index in [9.17, 15) is 15.0 Å². The number of carbonyl (C=O) groups is 1. The molecular formula is C10H8O3S2. The predicted octanol–water partition coefficient (Wildman–Crippen LogP) is 2.13. The molecule has 0 fully saturated rings. The second kappa shape index (κ2) is 3.77. The van der Waals surface area contributed by atoms with Gasteiger partial charge >= 0.3 is 5.97 Å². The zero-order chi connectivity index (χ0) is 16.1. The summed E-state index contributed by atoms with van der Waals surface area (Å²) in [4.78, 5) is 10.6. The van der Waals surface area contributed by atoms with Gasteiger partial charge in [-0.3, -0.25) is 0 Å². The molecular weight excluding hydrogens is 232 g/mol. The van der Waals surface area contributed by atoms with Crippen LogP contribution in [0.4, 0.5) is 0 Å². The highest BCUT2D eigenvalue weighted by Gasteiger charge is 2.42. The first kappa shape index (κ1) is 5.25. The summed E-state index contributed by atoms with van der Waals surface area (Å²) >= 11 is 0.913. The lowest BCUT2D eigenvalue weighted by molar-refractivity contribution is -0.154. The number of aliphatic carboxylic acids is 1. The number of thiophene rings is 2. The van der Waals surface area contributed by atoms with Gasteiger partial charge in [-0.1, -0.05) is 12.1 Å². The van der Waals surface area contributed by atoms with Crippen LogP contribution in [0.2, 0.25) is 0 Å². The summed E-state index contributed by atoms with van der Waals surface area (Å²) in [6.07, 6.45) is 0. The van der Waals surface area contributed by atoms with E-state index in [0.29, 0.717) is 22.7 Å². The van der Waals surface area contributed by atoms with Gasteiger partial charge in [-0.2, -0.15) is 0 Å². The van der Waals surface area contributed by atoms with Gasteiger partial charge in [-0.25, -0.2) is 4.79 Å². The minimum atomic E-state index is -2.81. The molecule has 0 aliphatic carbocycles. The molecule has 78 valence electrons. The summed E-state index contributed by atoms with van der Waals surface area (Å²) < 4.78 is 45.2. The maximum absolute atomic E-state index is 11.5. The van der Waals surface area contributed by atoms with Crippen LogP contribution in [0.3, 0.4) is 0 Å². The normalized spacial score (nSPS) is 17.1. The fourth-order valence-corrected chi connectivity index (χ4v) is 2.35. The van der Waals surface area contributed by atoms with Crippen molar-refractivity contribution in [1.82, 2.24) is 0 Å². The van der Waals surface area contributed by atoms with Gasteiger partial charge in [0.2, 0.25) is 5.60 Å². The van der Waals surface area contributed by atoms with Crippen LogP contribution in [-0.4, -0.2) is 16.2 Å². The molecule has 0 unspecified atom stereocenters. The molecule has 0 spiro atoms. The van der Waals surface area contributed by atoms with Crippen molar-refractivity contribution >= 4 is 28.6 Å². The van der Waals surface area contributed by atoms with Crippen molar-refractivity contribution < 1.29 is 23.2 Å². The Labute approximate surface area is 103 Å². The van der Waals surface area contributed by atoms with Crippen LogP contribution in [0.1, 0.15) is 18.0 Å². The Kier molecular flexibility index (Phi) is 1.32. The lowest BCUT2D eigenvalue weighted by Gasteiger charge is -2.20. The standard InChI is InChI=1S/C10H8O3S2/c11-9(12)10(13,7-3-1-5-14-7)8-4-2-6-15-8/h1-6,13H,(H,11,12)/i1D,2D,3D,4D,5D,6D. The van der Waals surface area contributed by atoms with E-state index in [0.717, 1.165) is 0 Å². The topological polar surface area (TPSA) is 57.5 Å². The average molecular weight is 246 g/mol. The Bertz CT molecular complexity index is 685. The molecule has 0 amide bonds. The smallest absolute Gasteiger partial charge is 0.346 e. The van der Waals surface area contributed by atoms with E-state index in [1.165, 1.54) is 0 Å². The molecule has 0 atom stereocenters. The molecule has 0 aliphatic rings. The molecule has 2 aromatic rings. The van der Waals surface area contributed by atoms with Crippen molar-refractivity contribution in [2.24, 2.45) is 0 Å². The van der Waals surface area contributed by atoms with Gasteiger partial charge in [-0.15, -0.1) is 22.7 Å². The lowest BCUT2D eigenvalue weighted by Crippen LogP contribution is -2.34. The quantitative estimate of drug-likeness (QED) is 0.872. The number of carboxylic acid groups (broad SMARTS) is 1. The highest BCUT2D eigenvalue weighted by atomic mass is 32.1. The Morgan fingerprint density at radius 2 is 1.73 bits per heavy atom. The van der Waals surface area contributed by atoms with Crippen molar-refractivity contribution in [3.8, 4) is 0 Å². The maximum atomic E-state index is 11.5. The minimum Gasteiger partial charge on any atom is -0.479 e. The zero-order valence-electron chi connectivity index (χ0n) is 13.1. The van der Waals surface area contributed by atoms with E-state index < -0.39 is 45.5 Å². The van der Waals surface area contributed by atoms with Crippen LogP contribution >= 0.6 is 22.7 Å². The largest absolute Gasteiger partial charge is 0.479 e. The van der Waals surface area contributed by atoms with Gasteiger partial charge in [0.05, 0.1) is 18.0 Å². The summed E-state index contributed by atoms with van der Waals surface area (Å²) in [5.41, 5.74) is -2.81. The van der Waals surface area contributed by atoms with Crippen molar-refractivity contribution in [2.75, 3.05) is 0 Å². The van der Waals surface area contributed by atoms with Crippen LogP contribution in [0.25, 0.3) is 0 Å². The summed E-state index contributed by atoms with van der Waals surface area (Å²) in [6, 6.07) is -2.26. The number of carboxylic acids is 1. The molecule has 0 aliphatic heterocycles. The zero-order valence-corrected chi connectivity index (χ0v) is 8.75. The first-order chi connectivity index (χ1) is 9.62. The second-order valence-electron chi connectivity index (χ2n) is 2.58. The van der Waals surface area contributed by atoms with Crippen molar-refractivity contribution in [2.45, 2.75) is 5.60 Å². The average Bonchev–Trinajstić information content (AvgIpc) is 2.83. The van der Waals surface area contributed by atoms with Gasteiger partial charge in [0.1, 0.15) is 0 Å². The van der Waals surface area contributed by atoms with E-state index in [1.54, 1.807) is 0 Å². The highest BCUT2D eigenvalue weighted by molar-refractivity contribution is 7.12. The fourth-order valence-electron chi connectivity index (χ4n) is 0.995. The maximum Gasteiger partial charge on any atom is 0.346 e. The van der Waals surface area contributed by atoms with Gasteiger partial charge in [0.25, 0.3) is 0 Å². The minimum absolute atomic E-state index is 0.380. The molecule has 0 saturated carbocycles. The number of hydrogen-bond donors (Lipinski definition) is 2. The second-order valence-corrected chi connectivity index (χ2v) is 4.22. The van der Waals surface area contributed by atoms with Crippen LogP contribution in [0.15, 0.2) is 34.9 Å². The van der Waals surface area contributed by atoms with Crippen LogP contribution in [-0.2, 0) is 10.4 Å². The van der Waals surface area contributed by atoms with Crippen LogP contribution in [0, 0.1) is 0 Å². The van der Waals surface area contributed by atoms with Crippen LogP contribution < -0.4 is 0 Å². The van der Waals surface area contributed by atoms with E-state index in [1.807, 2.05) is 0 Å². The first-order valence-electron chi connectivity index (χ1n) is 6.72. The third-order valence-corrected chi connectivity index (χ3v) is 3.34. The molecule has 2 N–H and O–H groups in total. The Hall–Kier alpha value is -1.17. The SMILES string of the molecule is [2H]c1sc(C(O)(C(=O)O)c2sc([2H])c([2H])c2[2H])c([2H])c1[2H]. The summed E-state index contributed by atoms with van der Waals surface area (Å²) in [5.74, 6) is -1.79. The fraction of sp³-hybridized carbons (Fsp3) is 0.100. The molecule has 0 saturated heterocycles. The molecule has 0 radical (unpaired) electrons. The predicted molar refractivity (Wildman–Crippen MR) is 59.3 cm³/mol. The molecule has 2 aromatic heterocycles. The molecule has 3 nitrogen and oxygen atoms in total. The molecule has 2 rings (SSSR count). The van der Waals surface area contributed by atoms with Crippen molar-refractivity contribution in [3.05, 3.63) is 44.6 Å². The monoisotopic (exact) mass is 246 g/mol. The number of rotatable bonds is 3. The Balaban J connectivity index is 2.80. The van der Waals surface area contributed by atoms with E-state index in [2.05, 4.69) is 0 Å². The number of aliphatic hydroxyl groups is 1. The first-order valence-corrected chi connectivity index (χ1v) is 5.35. The summed E-state index contributed by atoms with van der Waals surface area (Å²) in [7, 11) is 0. The number of hydrogen-bond acceptors (Lipinski definition) is 4. The summed E-state index contributed by atoms with van der Waals surface area (Å²) in [5, 5.41) is 19.1. The Morgan fingerprint density at radius 1 is 1.27 bits per heavy atom. The van der Waals surface area contributed by atoms with Gasteiger partial charge in [-0.05, 0) is 22.8 Å². The molecule has 5 heteroatoms. The van der Waals surface area contributed by atoms with E-state index in [4.69, 9.17) is 8.22 Å². The molecule has 0 bridgehead atoms. The van der Waals surface area contributed by atoms with Crippen molar-refractivity contribution in [1.29, 1.82) is 0 Å². The van der Waals surface area contributed by atoms with Gasteiger partial charge < -0.3 is 10.2 Å². The van der Waals surface area contributed by atoms with Gasteiger partial charge in [0.15, 0.2) is 0 Å². The third-order valence-electron chi connectivity index (χ3n) is 1.73. The van der Waals surface area contributed by atoms with E-state index >= 15 is 0 Å². The van der Waals surface area contributed by atoms with Crippen LogP contribution in [0.5, 0.6) is 0 Å². The third kappa shape index (κ3) is 1.58. The Morgan fingerprint density at radius 3 is 2.00 bits per heavy atom. The summed E-state index contributed by atoms with van der Waals surface area (Å²) in [6.45, 7) is 0. The van der Waals surface area contributed by atoms with Gasteiger partial charge in [0, 0.05) is 0 Å². The van der Waals surface area contributed by atoms with Crippen molar-refractivity contribution in [3.63, 3.8) is 0 Å².